The van der Waals surface area contributed by atoms with Crippen LogP contribution in [0.15, 0.2) is 71.7 Å². The molecule has 2 aliphatic rings. The van der Waals surface area contributed by atoms with Gasteiger partial charge in [-0.3, -0.25) is 4.99 Å². The van der Waals surface area contributed by atoms with E-state index in [1.807, 2.05) is 18.2 Å². The zero-order chi connectivity index (χ0) is 24.4. The fourth-order valence-corrected chi connectivity index (χ4v) is 4.42. The van der Waals surface area contributed by atoms with Crippen molar-refractivity contribution >= 4 is 28.6 Å². The van der Waals surface area contributed by atoms with Gasteiger partial charge in [-0.25, -0.2) is 0 Å². The van der Waals surface area contributed by atoms with Crippen LogP contribution in [0.4, 0.5) is 35.9 Å². The molecule has 2 heterocycles. The van der Waals surface area contributed by atoms with Crippen LogP contribution in [-0.4, -0.2) is 38.4 Å². The van der Waals surface area contributed by atoms with Crippen LogP contribution in [0, 0.1) is 0 Å². The Morgan fingerprint density at radius 2 is 1.46 bits per heavy atom. The maximum absolute atomic E-state index is 12.4. The van der Waals surface area contributed by atoms with Crippen LogP contribution in [0.2, 0.25) is 0 Å². The summed E-state index contributed by atoms with van der Waals surface area (Å²) < 4.78 is 41.0. The van der Waals surface area contributed by atoms with Gasteiger partial charge in [-0.05, 0) is 59.7 Å². The van der Waals surface area contributed by atoms with Gasteiger partial charge in [-0.15, -0.1) is 13.2 Å². The second kappa shape index (κ2) is 9.40. The van der Waals surface area contributed by atoms with Gasteiger partial charge in [-0.1, -0.05) is 18.2 Å². The van der Waals surface area contributed by atoms with Crippen molar-refractivity contribution in [3.63, 3.8) is 0 Å². The number of nitrogens with zero attached hydrogens (tertiary/aromatic N) is 3. The third kappa shape index (κ3) is 5.62. The van der Waals surface area contributed by atoms with Crippen LogP contribution < -0.4 is 25.6 Å². The molecule has 0 atom stereocenters. The van der Waals surface area contributed by atoms with E-state index in [9.17, 15) is 13.2 Å². The van der Waals surface area contributed by atoms with Crippen molar-refractivity contribution < 1.29 is 17.9 Å². The summed E-state index contributed by atoms with van der Waals surface area (Å²) in [4.78, 5) is 9.20. The highest BCUT2D eigenvalue weighted by molar-refractivity contribution is 6.03. The molecule has 0 aliphatic carbocycles. The molecule has 3 N–H and O–H groups in total. The van der Waals surface area contributed by atoms with Crippen LogP contribution in [0.5, 0.6) is 5.75 Å². The molecule has 3 aromatic rings. The van der Waals surface area contributed by atoms with E-state index in [-0.39, 0.29) is 5.75 Å². The van der Waals surface area contributed by atoms with Crippen LogP contribution in [-0.2, 0) is 13.0 Å². The Morgan fingerprint density at radius 3 is 2.06 bits per heavy atom. The molecule has 0 unspecified atom stereocenters. The van der Waals surface area contributed by atoms with Crippen LogP contribution in [0.1, 0.15) is 11.1 Å². The summed E-state index contributed by atoms with van der Waals surface area (Å²) in [5.74, 6) is 0.742. The fraction of sp³-hybridized carbons (Fsp3) is 0.269. The summed E-state index contributed by atoms with van der Waals surface area (Å²) in [6.45, 7) is 3.83. The quantitative estimate of drug-likeness (QED) is 0.499. The Hall–Kier alpha value is -3.88. The molecule has 0 amide bonds. The first-order valence-corrected chi connectivity index (χ1v) is 11.5. The molecule has 9 heteroatoms. The Morgan fingerprint density at radius 1 is 0.857 bits per heavy atom. The lowest BCUT2D eigenvalue weighted by atomic mass is 10.1. The number of halogens is 3. The predicted octanol–water partition coefficient (Wildman–Crippen LogP) is 5.06. The Kier molecular flexibility index (Phi) is 6.15. The Labute approximate surface area is 201 Å². The number of nitrogen functional groups attached to an aromatic ring is 1. The predicted molar refractivity (Wildman–Crippen MR) is 133 cm³/mol. The molecule has 3 aromatic carbocycles. The third-order valence-corrected chi connectivity index (χ3v) is 6.24. The zero-order valence-corrected chi connectivity index (χ0v) is 19.1. The van der Waals surface area contributed by atoms with Gasteiger partial charge in [0.25, 0.3) is 0 Å². The first-order chi connectivity index (χ1) is 16.8. The number of alkyl halides is 3. The summed E-state index contributed by atoms with van der Waals surface area (Å²) in [6.07, 6.45) is -3.89. The molecule has 1 fully saturated rings. The van der Waals surface area contributed by atoms with Gasteiger partial charge in [0.2, 0.25) is 0 Å². The van der Waals surface area contributed by atoms with Gasteiger partial charge in [0.05, 0.1) is 6.54 Å². The molecular weight excluding hydrogens is 455 g/mol. The van der Waals surface area contributed by atoms with E-state index in [1.54, 1.807) is 12.1 Å². The highest BCUT2D eigenvalue weighted by Crippen LogP contribution is 2.28. The summed E-state index contributed by atoms with van der Waals surface area (Å²) >= 11 is 0. The van der Waals surface area contributed by atoms with Gasteiger partial charge in [0.15, 0.2) is 0 Å². The second-order valence-electron chi connectivity index (χ2n) is 8.66. The normalized spacial score (nSPS) is 16.8. The van der Waals surface area contributed by atoms with Crippen molar-refractivity contribution in [2.24, 2.45) is 4.99 Å². The number of fused-ring (bicyclic) bond motifs is 1. The lowest BCUT2D eigenvalue weighted by molar-refractivity contribution is -0.274. The molecule has 6 nitrogen and oxygen atoms in total. The van der Waals surface area contributed by atoms with Gasteiger partial charge in [0.1, 0.15) is 11.6 Å². The Bertz CT molecular complexity index is 1200. The van der Waals surface area contributed by atoms with Crippen molar-refractivity contribution in [2.45, 2.75) is 19.3 Å². The second-order valence-corrected chi connectivity index (χ2v) is 8.66. The molecule has 0 bridgehead atoms. The smallest absolute Gasteiger partial charge is 0.406 e. The first kappa shape index (κ1) is 22.9. The SMILES string of the molecule is Nc1ccc2c(c1)NC(=NCc1ccc(N3CCN(c4ccc(OC(F)(F)F)cc4)CC3)cc1)C2. The molecule has 0 aromatic heterocycles. The number of benzene rings is 3. The molecule has 182 valence electrons. The van der Waals surface area contributed by atoms with E-state index in [2.05, 4.69) is 44.1 Å². The minimum absolute atomic E-state index is 0.206. The van der Waals surface area contributed by atoms with Crippen LogP contribution in [0.3, 0.4) is 0 Å². The number of amidine groups is 1. The maximum atomic E-state index is 12.4. The average molecular weight is 482 g/mol. The molecule has 0 saturated carbocycles. The minimum atomic E-state index is -4.68. The summed E-state index contributed by atoms with van der Waals surface area (Å²) in [5.41, 5.74) is 12.0. The van der Waals surface area contributed by atoms with Crippen molar-refractivity contribution in [1.82, 2.24) is 0 Å². The number of ether oxygens (including phenoxy) is 1. The van der Waals surface area contributed by atoms with Gasteiger partial charge < -0.3 is 25.6 Å². The standard InChI is InChI=1S/C26H26F3N5O/c27-26(28,29)35-23-9-7-22(8-10-23)34-13-11-33(12-14-34)21-5-1-18(2-6-21)17-31-25-15-19-3-4-20(30)16-24(19)32-25/h1-10,16H,11-15,17,30H2,(H,31,32). The number of nitrogens with two attached hydrogens (primary N) is 1. The Balaban J connectivity index is 1.13. The largest absolute Gasteiger partial charge is 0.573 e. The molecule has 0 spiro atoms. The van der Waals surface area contributed by atoms with Crippen molar-refractivity contribution in [3.05, 3.63) is 77.9 Å². The van der Waals surface area contributed by atoms with Gasteiger partial charge >= 0.3 is 6.36 Å². The van der Waals surface area contributed by atoms with E-state index >= 15 is 0 Å². The first-order valence-electron chi connectivity index (χ1n) is 11.5. The lowest BCUT2D eigenvalue weighted by Crippen LogP contribution is -2.46. The third-order valence-electron chi connectivity index (χ3n) is 6.24. The molecule has 2 aliphatic heterocycles. The van der Waals surface area contributed by atoms with Crippen LogP contribution >= 0.6 is 0 Å². The monoisotopic (exact) mass is 481 g/mol. The molecule has 0 radical (unpaired) electrons. The van der Waals surface area contributed by atoms with E-state index in [4.69, 9.17) is 10.7 Å². The number of anilines is 4. The highest BCUT2D eigenvalue weighted by Gasteiger charge is 2.31. The lowest BCUT2D eigenvalue weighted by Gasteiger charge is -2.37. The van der Waals surface area contributed by atoms with Crippen molar-refractivity contribution in [3.8, 4) is 5.75 Å². The van der Waals surface area contributed by atoms with E-state index in [1.165, 1.54) is 17.7 Å². The summed E-state index contributed by atoms with van der Waals surface area (Å²) in [6, 6.07) is 20.4. The number of hydrogen-bond donors (Lipinski definition) is 2. The summed E-state index contributed by atoms with van der Waals surface area (Å²) in [5, 5.41) is 3.34. The minimum Gasteiger partial charge on any atom is -0.406 e. The number of nitrogens with one attached hydrogen (secondary N) is 1. The van der Waals surface area contributed by atoms with Crippen molar-refractivity contribution in [1.29, 1.82) is 0 Å². The van der Waals surface area contributed by atoms with Crippen molar-refractivity contribution in [2.75, 3.05) is 47.0 Å². The maximum Gasteiger partial charge on any atom is 0.573 e. The number of rotatable bonds is 5. The zero-order valence-electron chi connectivity index (χ0n) is 19.1. The highest BCUT2D eigenvalue weighted by atomic mass is 19.4. The molecule has 1 saturated heterocycles. The van der Waals surface area contributed by atoms with E-state index in [0.717, 1.165) is 66.7 Å². The number of hydrogen-bond acceptors (Lipinski definition) is 5. The fourth-order valence-electron chi connectivity index (χ4n) is 4.42. The average Bonchev–Trinajstić information content (AvgIpc) is 3.25. The number of piperazine rings is 1. The van der Waals surface area contributed by atoms with E-state index < -0.39 is 6.36 Å². The molecular formula is C26H26F3N5O. The van der Waals surface area contributed by atoms with Gasteiger partial charge in [-0.2, -0.15) is 0 Å². The van der Waals surface area contributed by atoms with Gasteiger partial charge in [0, 0.05) is 55.3 Å². The summed E-state index contributed by atoms with van der Waals surface area (Å²) in [7, 11) is 0. The molecule has 35 heavy (non-hydrogen) atoms. The number of aliphatic imine (C=N–C) groups is 1. The van der Waals surface area contributed by atoms with E-state index in [0.29, 0.717) is 6.54 Å². The van der Waals surface area contributed by atoms with Crippen LogP contribution in [0.25, 0.3) is 0 Å². The molecule has 5 rings (SSSR count). The topological polar surface area (TPSA) is 66.1 Å².